The first-order valence-electron chi connectivity index (χ1n) is 6.71. The number of nitrogens with two attached hydrogens (primary N) is 1. The topological polar surface area (TPSA) is 104 Å². The van der Waals surface area contributed by atoms with E-state index in [-0.39, 0.29) is 11.1 Å². The summed E-state index contributed by atoms with van der Waals surface area (Å²) in [6.07, 6.45) is 4.79. The number of pyridine rings is 1. The van der Waals surface area contributed by atoms with Crippen LogP contribution < -0.4 is 5.14 Å². The normalized spacial score (nSPS) is 12.0. The summed E-state index contributed by atoms with van der Waals surface area (Å²) >= 11 is 0. The molecule has 0 spiro atoms. The number of aromatic nitrogens is 4. The predicted molar refractivity (Wildman–Crippen MR) is 77.9 cm³/mol. The van der Waals surface area contributed by atoms with Crippen LogP contribution in [0.5, 0.6) is 0 Å². The van der Waals surface area contributed by atoms with E-state index in [1.54, 1.807) is 17.0 Å². The van der Waals surface area contributed by atoms with Crippen molar-refractivity contribution in [2.75, 3.05) is 0 Å². The molecule has 0 aliphatic rings. The van der Waals surface area contributed by atoms with Crippen LogP contribution in [0.15, 0.2) is 29.7 Å². The first-order valence-corrected chi connectivity index (χ1v) is 8.26. The molecule has 2 aromatic heterocycles. The first kappa shape index (κ1) is 15.6. The van der Waals surface area contributed by atoms with E-state index in [9.17, 15) is 8.42 Å². The number of aryl methyl sites for hydroxylation is 2. The largest absolute Gasteiger partial charge is 0.300 e. The van der Waals surface area contributed by atoms with Crippen LogP contribution in [0.2, 0.25) is 0 Å². The Balaban J connectivity index is 2.25. The molecule has 0 amide bonds. The van der Waals surface area contributed by atoms with Crippen molar-refractivity contribution in [3.05, 3.63) is 35.9 Å². The summed E-state index contributed by atoms with van der Waals surface area (Å²) in [7, 11) is -3.86. The quantitative estimate of drug-likeness (QED) is 0.848. The van der Waals surface area contributed by atoms with Gasteiger partial charge >= 0.3 is 0 Å². The van der Waals surface area contributed by atoms with Gasteiger partial charge in [-0.3, -0.25) is 4.98 Å². The van der Waals surface area contributed by atoms with E-state index in [1.807, 2.05) is 26.0 Å². The molecule has 0 atom stereocenters. The molecule has 2 rings (SSSR count). The van der Waals surface area contributed by atoms with Crippen LogP contribution in [0.25, 0.3) is 0 Å². The molecular weight excluding hydrogens is 290 g/mol. The van der Waals surface area contributed by atoms with Gasteiger partial charge in [-0.1, -0.05) is 19.9 Å². The standard InChI is InChI=1S/C13H19N5O2S/c1-10(2)9-18-12(16-17-13(18)21(14,19)20)6-5-11-4-3-7-15-8-11/h3-4,7-8,10H,5-6,9H2,1-2H3,(H2,14,19,20). The monoisotopic (exact) mass is 309 g/mol. The van der Waals surface area contributed by atoms with Crippen molar-refractivity contribution in [3.63, 3.8) is 0 Å². The van der Waals surface area contributed by atoms with Crippen LogP contribution in [0, 0.1) is 5.92 Å². The molecule has 0 unspecified atom stereocenters. The summed E-state index contributed by atoms with van der Waals surface area (Å²) < 4.78 is 24.7. The molecule has 0 fully saturated rings. The summed E-state index contributed by atoms with van der Waals surface area (Å²) in [5, 5.41) is 12.7. The van der Waals surface area contributed by atoms with Gasteiger partial charge in [-0.05, 0) is 24.0 Å². The molecule has 0 aliphatic heterocycles. The third-order valence-electron chi connectivity index (χ3n) is 2.96. The summed E-state index contributed by atoms with van der Waals surface area (Å²) in [5.41, 5.74) is 1.06. The van der Waals surface area contributed by atoms with Crippen molar-refractivity contribution in [1.82, 2.24) is 19.7 Å². The van der Waals surface area contributed by atoms with E-state index in [0.29, 0.717) is 25.2 Å². The molecular formula is C13H19N5O2S. The molecule has 21 heavy (non-hydrogen) atoms. The zero-order chi connectivity index (χ0) is 15.5. The molecule has 2 N–H and O–H groups in total. The lowest BCUT2D eigenvalue weighted by atomic mass is 10.1. The summed E-state index contributed by atoms with van der Waals surface area (Å²) in [6, 6.07) is 3.83. The number of hydrogen-bond donors (Lipinski definition) is 1. The summed E-state index contributed by atoms with van der Waals surface area (Å²) in [4.78, 5) is 4.05. The molecule has 2 aromatic rings. The molecule has 0 aliphatic carbocycles. The molecule has 7 nitrogen and oxygen atoms in total. The van der Waals surface area contributed by atoms with Gasteiger partial charge in [0.2, 0.25) is 0 Å². The number of sulfonamides is 1. The van der Waals surface area contributed by atoms with E-state index in [2.05, 4.69) is 15.2 Å². The van der Waals surface area contributed by atoms with Gasteiger partial charge in [0.05, 0.1) is 0 Å². The smallest absolute Gasteiger partial charge is 0.273 e. The summed E-state index contributed by atoms with van der Waals surface area (Å²) in [5.74, 6) is 0.884. The SMILES string of the molecule is CC(C)Cn1c(CCc2cccnc2)nnc1S(N)(=O)=O. The molecule has 8 heteroatoms. The van der Waals surface area contributed by atoms with E-state index in [0.717, 1.165) is 5.56 Å². The van der Waals surface area contributed by atoms with Gasteiger partial charge in [-0.15, -0.1) is 10.2 Å². The van der Waals surface area contributed by atoms with Gasteiger partial charge in [0.1, 0.15) is 5.82 Å². The van der Waals surface area contributed by atoms with Gasteiger partial charge in [-0.2, -0.15) is 0 Å². The lowest BCUT2D eigenvalue weighted by molar-refractivity contribution is 0.469. The Kier molecular flexibility index (Phi) is 4.69. The molecule has 114 valence electrons. The highest BCUT2D eigenvalue weighted by Gasteiger charge is 2.21. The van der Waals surface area contributed by atoms with Crippen LogP contribution in [0.3, 0.4) is 0 Å². The fraction of sp³-hybridized carbons (Fsp3) is 0.462. The molecule has 2 heterocycles. The average molecular weight is 309 g/mol. The van der Waals surface area contributed by atoms with Crippen LogP contribution in [0.1, 0.15) is 25.2 Å². The highest BCUT2D eigenvalue weighted by Crippen LogP contribution is 2.13. The van der Waals surface area contributed by atoms with Crippen LogP contribution in [-0.4, -0.2) is 28.2 Å². The van der Waals surface area contributed by atoms with Crippen molar-refractivity contribution in [2.45, 2.75) is 38.4 Å². The van der Waals surface area contributed by atoms with Crippen molar-refractivity contribution in [2.24, 2.45) is 11.1 Å². The van der Waals surface area contributed by atoms with Crippen molar-refractivity contribution in [1.29, 1.82) is 0 Å². The van der Waals surface area contributed by atoms with E-state index in [4.69, 9.17) is 5.14 Å². The number of nitrogens with zero attached hydrogens (tertiary/aromatic N) is 4. The fourth-order valence-electron chi connectivity index (χ4n) is 2.07. The number of hydrogen-bond acceptors (Lipinski definition) is 5. The lowest BCUT2D eigenvalue weighted by Crippen LogP contribution is -2.21. The van der Waals surface area contributed by atoms with Crippen molar-refractivity contribution < 1.29 is 8.42 Å². The van der Waals surface area contributed by atoms with E-state index < -0.39 is 10.0 Å². The zero-order valence-corrected chi connectivity index (χ0v) is 12.9. The van der Waals surface area contributed by atoms with E-state index >= 15 is 0 Å². The van der Waals surface area contributed by atoms with E-state index in [1.165, 1.54) is 0 Å². The minimum atomic E-state index is -3.86. The Hall–Kier alpha value is -1.80. The highest BCUT2D eigenvalue weighted by molar-refractivity contribution is 7.89. The van der Waals surface area contributed by atoms with Gasteiger partial charge in [-0.25, -0.2) is 13.6 Å². The van der Waals surface area contributed by atoms with Gasteiger partial charge < -0.3 is 4.57 Å². The van der Waals surface area contributed by atoms with Crippen LogP contribution >= 0.6 is 0 Å². The molecule has 0 bridgehead atoms. The summed E-state index contributed by atoms with van der Waals surface area (Å²) in [6.45, 7) is 4.51. The maximum atomic E-state index is 11.6. The lowest BCUT2D eigenvalue weighted by Gasteiger charge is -2.11. The highest BCUT2D eigenvalue weighted by atomic mass is 32.2. The maximum absolute atomic E-state index is 11.6. The maximum Gasteiger partial charge on any atom is 0.273 e. The average Bonchev–Trinajstić information content (AvgIpc) is 2.79. The van der Waals surface area contributed by atoms with Crippen molar-refractivity contribution in [3.8, 4) is 0 Å². The second-order valence-electron chi connectivity index (χ2n) is 5.31. The Morgan fingerprint density at radius 3 is 2.62 bits per heavy atom. The first-order chi connectivity index (χ1) is 9.88. The van der Waals surface area contributed by atoms with Gasteiger partial charge in [0.15, 0.2) is 0 Å². The fourth-order valence-corrected chi connectivity index (χ4v) is 2.71. The molecule has 0 saturated heterocycles. The second-order valence-corrected chi connectivity index (χ2v) is 6.76. The Labute approximate surface area is 124 Å². The molecule has 0 aromatic carbocycles. The minimum Gasteiger partial charge on any atom is -0.300 e. The second kappa shape index (κ2) is 6.31. The van der Waals surface area contributed by atoms with Crippen molar-refractivity contribution >= 4 is 10.0 Å². The third-order valence-corrected chi connectivity index (χ3v) is 3.77. The number of rotatable bonds is 6. The van der Waals surface area contributed by atoms with Crippen LogP contribution in [0.4, 0.5) is 0 Å². The predicted octanol–water partition coefficient (Wildman–Crippen LogP) is 0.762. The van der Waals surface area contributed by atoms with Gasteiger partial charge in [0, 0.05) is 25.4 Å². The van der Waals surface area contributed by atoms with Crippen LogP contribution in [-0.2, 0) is 29.4 Å². The Morgan fingerprint density at radius 1 is 1.29 bits per heavy atom. The number of primary sulfonamides is 1. The molecule has 0 saturated carbocycles. The van der Waals surface area contributed by atoms with Gasteiger partial charge in [0.25, 0.3) is 15.2 Å². The third kappa shape index (κ3) is 4.08. The minimum absolute atomic E-state index is 0.169. The zero-order valence-electron chi connectivity index (χ0n) is 12.1. The Morgan fingerprint density at radius 2 is 2.05 bits per heavy atom. The molecule has 0 radical (unpaired) electrons. The Bertz CT molecular complexity index is 695.